The first-order chi connectivity index (χ1) is 11.3. The van der Waals surface area contributed by atoms with E-state index in [1.165, 1.54) is 18.4 Å². The van der Waals surface area contributed by atoms with Crippen molar-refractivity contribution in [2.24, 2.45) is 0 Å². The number of nitrogens with zero attached hydrogens (tertiary/aromatic N) is 2. The fourth-order valence-corrected chi connectivity index (χ4v) is 4.19. The Morgan fingerprint density at radius 1 is 1.42 bits per heavy atom. The number of thiophene rings is 1. The Bertz CT molecular complexity index is 857. The van der Waals surface area contributed by atoms with Crippen LogP contribution in [0.25, 0.3) is 10.2 Å². The summed E-state index contributed by atoms with van der Waals surface area (Å²) < 4.78 is 5.96. The Balaban J connectivity index is 2.40. The van der Waals surface area contributed by atoms with Crippen molar-refractivity contribution in [2.75, 3.05) is 7.11 Å². The van der Waals surface area contributed by atoms with Crippen LogP contribution in [0.15, 0.2) is 9.95 Å². The summed E-state index contributed by atoms with van der Waals surface area (Å²) in [6.07, 6.45) is -0.812. The fraction of sp³-hybridized carbons (Fsp3) is 0.467. The van der Waals surface area contributed by atoms with Crippen LogP contribution in [0.4, 0.5) is 4.79 Å². The summed E-state index contributed by atoms with van der Waals surface area (Å²) in [5.74, 6) is -0.498. The van der Waals surface area contributed by atoms with Gasteiger partial charge in [0.15, 0.2) is 5.16 Å². The normalized spacial score (nSPS) is 12.2. The van der Waals surface area contributed by atoms with Gasteiger partial charge in [-0.25, -0.2) is 9.78 Å². The predicted molar refractivity (Wildman–Crippen MR) is 94.9 cm³/mol. The maximum atomic E-state index is 12.7. The molecule has 0 spiro atoms. The van der Waals surface area contributed by atoms with Crippen molar-refractivity contribution >= 4 is 45.3 Å². The Hall–Kier alpha value is -1.87. The lowest BCUT2D eigenvalue weighted by Gasteiger charge is -2.14. The zero-order chi connectivity index (χ0) is 18.0. The number of fused-ring (bicyclic) bond motifs is 1. The molecular formula is C15H19N3O4S2. The zero-order valence-electron chi connectivity index (χ0n) is 14.1. The number of rotatable bonds is 4. The number of hydrogen-bond acceptors (Lipinski definition) is 7. The number of thioether (sulfide) groups is 1. The molecule has 1 N–H and O–H groups in total. The molecule has 0 fully saturated rings. The van der Waals surface area contributed by atoms with Gasteiger partial charge in [-0.15, -0.1) is 11.3 Å². The summed E-state index contributed by atoms with van der Waals surface area (Å²) in [4.78, 5) is 42.1. The molecule has 0 unspecified atom stereocenters. The van der Waals surface area contributed by atoms with E-state index in [2.05, 4.69) is 15.0 Å². The highest BCUT2D eigenvalue weighted by Crippen LogP contribution is 2.29. The van der Waals surface area contributed by atoms with E-state index in [0.29, 0.717) is 21.9 Å². The minimum absolute atomic E-state index is 0.104. The molecule has 2 aromatic heterocycles. The molecule has 0 radical (unpaired) electrons. The lowest BCUT2D eigenvalue weighted by atomic mass is 10.2. The highest BCUT2D eigenvalue weighted by molar-refractivity contribution is 8.00. The van der Waals surface area contributed by atoms with Gasteiger partial charge in [-0.3, -0.25) is 19.5 Å². The molecule has 2 amide bonds. The van der Waals surface area contributed by atoms with Gasteiger partial charge in [0.05, 0.1) is 17.7 Å². The summed E-state index contributed by atoms with van der Waals surface area (Å²) in [5.41, 5.74) is 0.843. The highest BCUT2D eigenvalue weighted by Gasteiger charge is 2.22. The van der Waals surface area contributed by atoms with E-state index in [1.54, 1.807) is 11.5 Å². The molecule has 0 bridgehead atoms. The number of nitrogens with one attached hydrogen (secondary N) is 1. The van der Waals surface area contributed by atoms with Gasteiger partial charge in [0, 0.05) is 11.4 Å². The summed E-state index contributed by atoms with van der Waals surface area (Å²) in [6.45, 7) is 7.81. The van der Waals surface area contributed by atoms with Crippen LogP contribution in [-0.4, -0.2) is 33.9 Å². The third-order valence-electron chi connectivity index (χ3n) is 3.63. The molecule has 0 saturated carbocycles. The number of hydrogen-bond donors (Lipinski definition) is 1. The average Bonchev–Trinajstić information content (AvgIpc) is 2.82. The predicted octanol–water partition coefficient (Wildman–Crippen LogP) is 2.46. The number of carbonyl (C=O) groups is 2. The molecule has 0 saturated heterocycles. The molecule has 24 heavy (non-hydrogen) atoms. The molecule has 0 aliphatic rings. The summed E-state index contributed by atoms with van der Waals surface area (Å²) in [7, 11) is 1.19. The quantitative estimate of drug-likeness (QED) is 0.658. The monoisotopic (exact) mass is 369 g/mol. The van der Waals surface area contributed by atoms with E-state index in [9.17, 15) is 14.4 Å². The molecule has 0 aliphatic carbocycles. The lowest BCUT2D eigenvalue weighted by Crippen LogP contribution is -2.36. The van der Waals surface area contributed by atoms with E-state index in [4.69, 9.17) is 0 Å². The van der Waals surface area contributed by atoms with Crippen molar-refractivity contribution in [3.05, 3.63) is 20.8 Å². The van der Waals surface area contributed by atoms with Crippen molar-refractivity contribution in [3.8, 4) is 0 Å². The number of aromatic nitrogens is 2. The second kappa shape index (κ2) is 7.35. The summed E-state index contributed by atoms with van der Waals surface area (Å²) >= 11 is 2.60. The standard InChI is InChI=1S/C15H19N3O4S2/c1-6-18-13(20)10-7(2)8(3)23-12(10)17-14(18)24-9(4)11(19)16-15(21)22-5/h9H,6H2,1-5H3,(H,16,19,21)/t9-/m0/s1. The minimum atomic E-state index is -0.812. The molecule has 9 heteroatoms. The Kier molecular flexibility index (Phi) is 5.66. The zero-order valence-corrected chi connectivity index (χ0v) is 15.8. The number of alkyl carbamates (subject to hydrolysis) is 1. The molecule has 2 heterocycles. The van der Waals surface area contributed by atoms with E-state index in [-0.39, 0.29) is 5.56 Å². The lowest BCUT2D eigenvalue weighted by molar-refractivity contribution is -0.119. The smallest absolute Gasteiger partial charge is 0.413 e. The maximum absolute atomic E-state index is 12.7. The van der Waals surface area contributed by atoms with Gasteiger partial charge in [0.1, 0.15) is 4.83 Å². The van der Waals surface area contributed by atoms with Crippen LogP contribution in [-0.2, 0) is 16.1 Å². The van der Waals surface area contributed by atoms with Crippen LogP contribution in [0.2, 0.25) is 0 Å². The van der Waals surface area contributed by atoms with E-state index < -0.39 is 17.3 Å². The number of methoxy groups -OCH3 is 1. The molecule has 1 atom stereocenters. The van der Waals surface area contributed by atoms with Crippen LogP contribution in [0.3, 0.4) is 0 Å². The van der Waals surface area contributed by atoms with Gasteiger partial charge in [0.2, 0.25) is 5.91 Å². The van der Waals surface area contributed by atoms with E-state index in [0.717, 1.165) is 22.2 Å². The maximum Gasteiger partial charge on any atom is 0.413 e. The number of aryl methyl sites for hydroxylation is 2. The number of ether oxygens (including phenoxy) is 1. The first-order valence-electron chi connectivity index (χ1n) is 7.36. The van der Waals surface area contributed by atoms with Gasteiger partial charge in [-0.1, -0.05) is 11.8 Å². The molecular weight excluding hydrogens is 350 g/mol. The van der Waals surface area contributed by atoms with E-state index >= 15 is 0 Å². The molecule has 2 aromatic rings. The summed E-state index contributed by atoms with van der Waals surface area (Å²) in [6, 6.07) is 0. The third-order valence-corrected chi connectivity index (χ3v) is 5.82. The fourth-order valence-electron chi connectivity index (χ4n) is 2.14. The van der Waals surface area contributed by atoms with Crippen LogP contribution in [0, 0.1) is 13.8 Å². The van der Waals surface area contributed by atoms with Crippen molar-refractivity contribution < 1.29 is 14.3 Å². The Morgan fingerprint density at radius 2 is 2.08 bits per heavy atom. The molecule has 2 rings (SSSR count). The van der Waals surface area contributed by atoms with Gasteiger partial charge in [0.25, 0.3) is 5.56 Å². The van der Waals surface area contributed by atoms with Crippen molar-refractivity contribution in [3.63, 3.8) is 0 Å². The van der Waals surface area contributed by atoms with Gasteiger partial charge >= 0.3 is 6.09 Å². The molecule has 0 aromatic carbocycles. The second-order valence-corrected chi connectivity index (χ2v) is 7.66. The van der Waals surface area contributed by atoms with Gasteiger partial charge < -0.3 is 4.74 Å². The summed E-state index contributed by atoms with van der Waals surface area (Å²) in [5, 5.41) is 2.61. The first kappa shape index (κ1) is 18.5. The largest absolute Gasteiger partial charge is 0.453 e. The number of imide groups is 1. The second-order valence-electron chi connectivity index (χ2n) is 5.15. The SMILES string of the molecule is CCn1c(S[C@@H](C)C(=O)NC(=O)OC)nc2sc(C)c(C)c2c1=O. The highest BCUT2D eigenvalue weighted by atomic mass is 32.2. The van der Waals surface area contributed by atoms with Crippen molar-refractivity contribution in [2.45, 2.75) is 44.6 Å². The van der Waals surface area contributed by atoms with Crippen LogP contribution < -0.4 is 10.9 Å². The third kappa shape index (κ3) is 3.46. The topological polar surface area (TPSA) is 90.3 Å². The van der Waals surface area contributed by atoms with E-state index in [1.807, 2.05) is 20.8 Å². The van der Waals surface area contributed by atoms with Crippen LogP contribution in [0.5, 0.6) is 0 Å². The van der Waals surface area contributed by atoms with Crippen molar-refractivity contribution in [1.82, 2.24) is 14.9 Å². The molecule has 130 valence electrons. The van der Waals surface area contributed by atoms with Crippen molar-refractivity contribution in [1.29, 1.82) is 0 Å². The van der Waals surface area contributed by atoms with Gasteiger partial charge in [-0.05, 0) is 33.3 Å². The Morgan fingerprint density at radius 3 is 2.67 bits per heavy atom. The molecule has 7 nitrogen and oxygen atoms in total. The number of amides is 2. The number of carbonyl (C=O) groups excluding carboxylic acids is 2. The Labute approximate surface area is 147 Å². The minimum Gasteiger partial charge on any atom is -0.453 e. The van der Waals surface area contributed by atoms with Crippen LogP contribution in [0.1, 0.15) is 24.3 Å². The van der Waals surface area contributed by atoms with Gasteiger partial charge in [-0.2, -0.15) is 0 Å². The molecule has 0 aliphatic heterocycles. The first-order valence-corrected chi connectivity index (χ1v) is 9.05. The van der Waals surface area contributed by atoms with Crippen LogP contribution >= 0.6 is 23.1 Å². The average molecular weight is 369 g/mol.